The molecule has 0 bridgehead atoms. The summed E-state index contributed by atoms with van der Waals surface area (Å²) in [5.41, 5.74) is 1.01. The summed E-state index contributed by atoms with van der Waals surface area (Å²) in [4.78, 5) is 43.9. The Bertz CT molecular complexity index is 1460. The number of nitrogens with zero attached hydrogens (tertiary/aromatic N) is 3. The van der Waals surface area contributed by atoms with E-state index in [4.69, 9.17) is 16.3 Å². The van der Waals surface area contributed by atoms with Crippen LogP contribution in [0.1, 0.15) is 29.6 Å². The molecule has 0 unspecified atom stereocenters. The number of hydrogen-bond acceptors (Lipinski definition) is 8. The van der Waals surface area contributed by atoms with Crippen LogP contribution < -0.4 is 15.0 Å². The van der Waals surface area contributed by atoms with Crippen LogP contribution in [-0.4, -0.2) is 72.7 Å². The van der Waals surface area contributed by atoms with Crippen LogP contribution in [0.25, 0.3) is 0 Å². The molecule has 1 aliphatic rings. The Kier molecular flexibility index (Phi) is 11.1. The van der Waals surface area contributed by atoms with E-state index >= 15 is 0 Å². The Labute approximate surface area is 255 Å². The number of hydrogen-bond donors (Lipinski definition) is 1. The van der Waals surface area contributed by atoms with Crippen LogP contribution in [0.5, 0.6) is 5.75 Å². The molecule has 0 saturated carbocycles. The van der Waals surface area contributed by atoms with Gasteiger partial charge in [0.05, 0.1) is 5.69 Å². The number of anilines is 2. The fourth-order valence-corrected chi connectivity index (χ4v) is 5.00. The van der Waals surface area contributed by atoms with Crippen molar-refractivity contribution in [3.05, 3.63) is 83.4 Å². The number of rotatable bonds is 12. The van der Waals surface area contributed by atoms with Gasteiger partial charge in [-0.25, -0.2) is 14.0 Å². The number of benzene rings is 2. The summed E-state index contributed by atoms with van der Waals surface area (Å²) < 4.78 is 62.4. The maximum absolute atomic E-state index is 14.9. The molecule has 0 spiro atoms. The van der Waals surface area contributed by atoms with Crippen LogP contribution >= 0.6 is 11.6 Å². The molecule has 14 heteroatoms. The van der Waals surface area contributed by atoms with Crippen molar-refractivity contribution in [3.63, 3.8) is 0 Å². The molecule has 1 aliphatic heterocycles. The summed E-state index contributed by atoms with van der Waals surface area (Å²) in [5.74, 6) is -4.73. The number of ether oxygens (including phenoxy) is 2. The second-order valence-corrected chi connectivity index (χ2v) is 10.3. The molecule has 44 heavy (non-hydrogen) atoms. The Balaban J connectivity index is 1.42. The molecule has 9 nitrogen and oxygen atoms in total. The van der Waals surface area contributed by atoms with Crippen molar-refractivity contribution in [2.24, 2.45) is 0 Å². The van der Waals surface area contributed by atoms with Gasteiger partial charge in [0, 0.05) is 48.3 Å². The summed E-state index contributed by atoms with van der Waals surface area (Å²) in [6.45, 7) is 1.25. The molecule has 1 aromatic heterocycles. The number of carbonyl (C=O) groups excluding carboxylic acids is 3. The highest BCUT2D eigenvalue weighted by Gasteiger charge is 2.44. The molecule has 1 amide bonds. The monoisotopic (exact) mass is 636 g/mol. The molecule has 0 radical (unpaired) electrons. The number of alkyl halides is 3. The third-order valence-electron chi connectivity index (χ3n) is 6.77. The van der Waals surface area contributed by atoms with Gasteiger partial charge in [-0.2, -0.15) is 13.2 Å². The summed E-state index contributed by atoms with van der Waals surface area (Å²) in [5, 5.41) is 3.40. The second-order valence-electron chi connectivity index (χ2n) is 9.85. The molecule has 1 N–H and O–H groups in total. The number of esters is 2. The Morgan fingerprint density at radius 2 is 1.84 bits per heavy atom. The molecular weight excluding hydrogens is 608 g/mol. The number of aromatic nitrogens is 1. The van der Waals surface area contributed by atoms with Crippen LogP contribution in [0.15, 0.2) is 67.0 Å². The first kappa shape index (κ1) is 32.7. The van der Waals surface area contributed by atoms with Crippen molar-refractivity contribution >= 4 is 40.8 Å². The number of nitrogens with one attached hydrogen (secondary N) is 1. The summed E-state index contributed by atoms with van der Waals surface area (Å²) in [6, 6.07) is 12.8. The Hall–Kier alpha value is -4.23. The van der Waals surface area contributed by atoms with E-state index in [1.165, 1.54) is 35.2 Å². The van der Waals surface area contributed by atoms with Gasteiger partial charge in [0.25, 0.3) is 5.91 Å². The zero-order chi connectivity index (χ0) is 31.7. The van der Waals surface area contributed by atoms with Gasteiger partial charge in [-0.15, -0.1) is 0 Å². The lowest BCUT2D eigenvalue weighted by Gasteiger charge is -2.27. The second kappa shape index (κ2) is 15.0. The van der Waals surface area contributed by atoms with E-state index in [9.17, 15) is 31.9 Å². The molecule has 2 heterocycles. The molecule has 234 valence electrons. The van der Waals surface area contributed by atoms with Gasteiger partial charge in [0.15, 0.2) is 0 Å². The minimum absolute atomic E-state index is 0.00191. The zero-order valence-electron chi connectivity index (χ0n) is 23.4. The van der Waals surface area contributed by atoms with E-state index in [0.717, 1.165) is 5.69 Å². The minimum atomic E-state index is -5.29. The smallest absolute Gasteiger partial charge is 0.491 e. The van der Waals surface area contributed by atoms with Crippen LogP contribution in [0.4, 0.5) is 28.9 Å². The third kappa shape index (κ3) is 8.89. The van der Waals surface area contributed by atoms with Gasteiger partial charge in [-0.05, 0) is 68.3 Å². The SMILES string of the molecule is O=C(OC(=O)C(F)(F)F)[C@H]1CCCN1CCCN(C(=O)c1cc(Cl)cc(OCCNc2ccncc2)c1)c1ccccc1F. The third-order valence-corrected chi connectivity index (χ3v) is 6.99. The lowest BCUT2D eigenvalue weighted by molar-refractivity contribution is -0.203. The Morgan fingerprint density at radius 3 is 2.57 bits per heavy atom. The first-order valence-electron chi connectivity index (χ1n) is 13.7. The number of amides is 1. The molecule has 1 atom stereocenters. The lowest BCUT2D eigenvalue weighted by atomic mass is 10.1. The maximum atomic E-state index is 14.9. The highest BCUT2D eigenvalue weighted by molar-refractivity contribution is 6.31. The fraction of sp³-hybridized carbons (Fsp3) is 0.333. The van der Waals surface area contributed by atoms with Gasteiger partial charge in [0.2, 0.25) is 0 Å². The van der Waals surface area contributed by atoms with Gasteiger partial charge < -0.3 is 19.7 Å². The predicted molar refractivity (Wildman–Crippen MR) is 154 cm³/mol. The minimum Gasteiger partial charge on any atom is -0.492 e. The standard InChI is InChI=1S/C30H29ClF4N4O5/c31-21-17-20(18-23(19-21)43-16-12-37-22-8-10-36-11-9-22)27(40)39(25-6-2-1-5-24(25)32)15-4-14-38-13-3-7-26(38)28(41)44-29(42)30(33,34)35/h1-2,5-6,8-11,17-19,26H,3-4,7,12-16H2,(H,36,37)/t26-/m1/s1. The molecule has 4 rings (SSSR count). The maximum Gasteiger partial charge on any atom is 0.491 e. The summed E-state index contributed by atoms with van der Waals surface area (Å²) in [7, 11) is 0. The normalized spacial score (nSPS) is 15.1. The van der Waals surface area contributed by atoms with Crippen molar-refractivity contribution in [1.82, 2.24) is 9.88 Å². The van der Waals surface area contributed by atoms with E-state index in [-0.39, 0.29) is 48.8 Å². The van der Waals surface area contributed by atoms with E-state index in [1.54, 1.807) is 41.6 Å². The van der Waals surface area contributed by atoms with Crippen LogP contribution in [0.2, 0.25) is 5.02 Å². The molecule has 3 aromatic rings. The largest absolute Gasteiger partial charge is 0.492 e. The van der Waals surface area contributed by atoms with E-state index in [1.807, 2.05) is 0 Å². The molecule has 0 aliphatic carbocycles. The summed E-state index contributed by atoms with van der Waals surface area (Å²) >= 11 is 6.29. The van der Waals surface area contributed by atoms with E-state index < -0.39 is 35.9 Å². The highest BCUT2D eigenvalue weighted by Crippen LogP contribution is 2.27. The fourth-order valence-electron chi connectivity index (χ4n) is 4.77. The predicted octanol–water partition coefficient (Wildman–Crippen LogP) is 5.50. The molecular formula is C30H29ClF4N4O5. The number of likely N-dealkylation sites (tertiary alicyclic amines) is 1. The van der Waals surface area contributed by atoms with Gasteiger partial charge >= 0.3 is 18.1 Å². The number of pyridine rings is 1. The van der Waals surface area contributed by atoms with Crippen LogP contribution in [0.3, 0.4) is 0 Å². The van der Waals surface area contributed by atoms with Crippen LogP contribution in [-0.2, 0) is 14.3 Å². The first-order chi connectivity index (χ1) is 21.0. The molecule has 1 saturated heterocycles. The van der Waals surface area contributed by atoms with Gasteiger partial charge in [-0.3, -0.25) is 14.7 Å². The number of halogens is 5. The summed E-state index contributed by atoms with van der Waals surface area (Å²) in [6.07, 6.45) is -1.05. The zero-order valence-corrected chi connectivity index (χ0v) is 24.1. The first-order valence-corrected chi connectivity index (χ1v) is 14.1. The highest BCUT2D eigenvalue weighted by atomic mass is 35.5. The van der Waals surface area contributed by atoms with Crippen molar-refractivity contribution in [2.45, 2.75) is 31.5 Å². The van der Waals surface area contributed by atoms with Gasteiger partial charge in [0.1, 0.15) is 24.2 Å². The lowest BCUT2D eigenvalue weighted by Crippen LogP contribution is -2.42. The van der Waals surface area contributed by atoms with E-state index in [0.29, 0.717) is 25.3 Å². The molecule has 1 fully saturated rings. The van der Waals surface area contributed by atoms with Gasteiger partial charge in [-0.1, -0.05) is 23.7 Å². The van der Waals surface area contributed by atoms with Crippen molar-refractivity contribution in [3.8, 4) is 5.75 Å². The van der Waals surface area contributed by atoms with E-state index in [2.05, 4.69) is 15.0 Å². The average molecular weight is 637 g/mol. The topological polar surface area (TPSA) is 101 Å². The van der Waals surface area contributed by atoms with Crippen molar-refractivity contribution in [2.75, 3.05) is 43.0 Å². The molecule has 2 aromatic carbocycles. The number of carbonyl (C=O) groups is 3. The van der Waals surface area contributed by atoms with Crippen molar-refractivity contribution < 1.29 is 41.4 Å². The Morgan fingerprint density at radius 1 is 1.09 bits per heavy atom. The number of para-hydroxylation sites is 1. The van der Waals surface area contributed by atoms with Crippen molar-refractivity contribution in [1.29, 1.82) is 0 Å². The quantitative estimate of drug-likeness (QED) is 0.120. The average Bonchev–Trinajstić information content (AvgIpc) is 3.46. The van der Waals surface area contributed by atoms with Crippen LogP contribution in [0, 0.1) is 5.82 Å².